The van der Waals surface area contributed by atoms with E-state index in [2.05, 4.69) is 11.4 Å². The van der Waals surface area contributed by atoms with Crippen molar-refractivity contribution in [2.45, 2.75) is 32.0 Å². The van der Waals surface area contributed by atoms with Gasteiger partial charge in [0.25, 0.3) is 5.69 Å². The van der Waals surface area contributed by atoms with Crippen molar-refractivity contribution in [3.63, 3.8) is 0 Å². The predicted molar refractivity (Wildman–Crippen MR) is 76.5 cm³/mol. The molecule has 1 aromatic carbocycles. The molecule has 2 aromatic rings. The summed E-state index contributed by atoms with van der Waals surface area (Å²) < 4.78 is 1.99. The van der Waals surface area contributed by atoms with E-state index in [1.165, 1.54) is 18.4 Å². The van der Waals surface area contributed by atoms with Crippen molar-refractivity contribution in [2.75, 3.05) is 0 Å². The molecule has 104 valence electrons. The molecule has 1 aliphatic rings. The first-order chi connectivity index (χ1) is 9.72. The fraction of sp³-hybridized carbons (Fsp3) is 0.333. The number of nitro benzene ring substituents is 1. The molecule has 5 nitrogen and oxygen atoms in total. The van der Waals surface area contributed by atoms with Gasteiger partial charge in [-0.25, -0.2) is 0 Å². The number of aromatic nitrogens is 1. The van der Waals surface area contributed by atoms with Crippen molar-refractivity contribution < 1.29 is 4.92 Å². The first-order valence-corrected chi connectivity index (χ1v) is 6.83. The molecule has 0 spiro atoms. The van der Waals surface area contributed by atoms with Crippen LogP contribution in [-0.4, -0.2) is 15.5 Å². The number of nitro groups is 1. The fourth-order valence-electron chi connectivity index (χ4n) is 2.26. The molecule has 5 heteroatoms. The summed E-state index contributed by atoms with van der Waals surface area (Å²) in [6, 6.07) is 9.64. The van der Waals surface area contributed by atoms with Crippen LogP contribution in [0.3, 0.4) is 0 Å². The molecule has 1 N–H and O–H groups in total. The normalized spacial score (nSPS) is 14.4. The van der Waals surface area contributed by atoms with Crippen LogP contribution >= 0.6 is 0 Å². The molecule has 1 fully saturated rings. The highest BCUT2D eigenvalue weighted by Crippen LogP contribution is 2.20. The van der Waals surface area contributed by atoms with Gasteiger partial charge in [0.1, 0.15) is 0 Å². The molecule has 3 rings (SSSR count). The summed E-state index contributed by atoms with van der Waals surface area (Å²) in [5, 5.41) is 14.4. The molecular weight excluding hydrogens is 254 g/mol. The minimum Gasteiger partial charge on any atom is -0.349 e. The van der Waals surface area contributed by atoms with Crippen molar-refractivity contribution in [3.8, 4) is 0 Å². The highest BCUT2D eigenvalue weighted by Gasteiger charge is 2.20. The number of benzene rings is 1. The lowest BCUT2D eigenvalue weighted by Crippen LogP contribution is -2.14. The second-order valence-electron chi connectivity index (χ2n) is 5.23. The first kappa shape index (κ1) is 12.9. The Kier molecular flexibility index (Phi) is 3.52. The number of nitrogens with zero attached hydrogens (tertiary/aromatic N) is 2. The largest absolute Gasteiger partial charge is 0.349 e. The molecule has 0 saturated heterocycles. The average molecular weight is 271 g/mol. The van der Waals surface area contributed by atoms with Gasteiger partial charge in [0.15, 0.2) is 0 Å². The monoisotopic (exact) mass is 271 g/mol. The van der Waals surface area contributed by atoms with Gasteiger partial charge in [-0.2, -0.15) is 0 Å². The molecule has 0 bridgehead atoms. The van der Waals surface area contributed by atoms with E-state index in [0.29, 0.717) is 12.6 Å². The third kappa shape index (κ3) is 3.05. The molecule has 1 aliphatic carbocycles. The molecule has 0 unspecified atom stereocenters. The third-order valence-corrected chi connectivity index (χ3v) is 3.53. The first-order valence-electron chi connectivity index (χ1n) is 6.83. The van der Waals surface area contributed by atoms with Gasteiger partial charge in [0, 0.05) is 36.6 Å². The van der Waals surface area contributed by atoms with Crippen LogP contribution in [-0.2, 0) is 13.1 Å². The molecule has 0 atom stereocenters. The van der Waals surface area contributed by atoms with E-state index in [-0.39, 0.29) is 10.6 Å². The average Bonchev–Trinajstić information content (AvgIpc) is 3.17. The Morgan fingerprint density at radius 3 is 2.85 bits per heavy atom. The topological polar surface area (TPSA) is 60.1 Å². The second kappa shape index (κ2) is 5.46. The number of para-hydroxylation sites is 1. The summed E-state index contributed by atoms with van der Waals surface area (Å²) in [4.78, 5) is 10.7. The van der Waals surface area contributed by atoms with Crippen molar-refractivity contribution >= 4 is 5.69 Å². The van der Waals surface area contributed by atoms with Crippen LogP contribution in [0, 0.1) is 10.1 Å². The van der Waals surface area contributed by atoms with Gasteiger partial charge in [-0.1, -0.05) is 18.2 Å². The number of nitrogens with one attached hydrogen (secondary N) is 1. The zero-order valence-electron chi connectivity index (χ0n) is 11.2. The Bertz CT molecular complexity index is 617. The van der Waals surface area contributed by atoms with Gasteiger partial charge in [0.05, 0.1) is 11.5 Å². The number of hydrogen-bond donors (Lipinski definition) is 1. The highest BCUT2D eigenvalue weighted by molar-refractivity contribution is 5.40. The standard InChI is InChI=1S/C15H17N3O2/c19-18(20)15-4-2-1-3-13(15)11-17-8-7-12(10-17)9-16-14-5-6-14/h1-4,7-8,10,14,16H,5-6,9,11H2. The van der Waals surface area contributed by atoms with E-state index < -0.39 is 0 Å². The molecule has 0 amide bonds. The highest BCUT2D eigenvalue weighted by atomic mass is 16.6. The maximum Gasteiger partial charge on any atom is 0.274 e. The molecule has 1 heterocycles. The number of hydrogen-bond acceptors (Lipinski definition) is 3. The summed E-state index contributed by atoms with van der Waals surface area (Å²) in [5.41, 5.74) is 2.13. The quantitative estimate of drug-likeness (QED) is 0.649. The summed E-state index contributed by atoms with van der Waals surface area (Å²) in [6.45, 7) is 1.40. The Morgan fingerprint density at radius 1 is 1.30 bits per heavy atom. The van der Waals surface area contributed by atoms with Gasteiger partial charge < -0.3 is 9.88 Å². The summed E-state index contributed by atoms with van der Waals surface area (Å²) >= 11 is 0. The lowest BCUT2D eigenvalue weighted by Gasteiger charge is -2.04. The lowest BCUT2D eigenvalue weighted by atomic mass is 10.2. The Morgan fingerprint density at radius 2 is 2.10 bits per heavy atom. The SMILES string of the molecule is O=[N+]([O-])c1ccccc1Cn1ccc(CNC2CC2)c1. The van der Waals surface area contributed by atoms with E-state index in [9.17, 15) is 10.1 Å². The summed E-state index contributed by atoms with van der Waals surface area (Å²) in [6.07, 6.45) is 6.57. The molecular formula is C15H17N3O2. The van der Waals surface area contributed by atoms with Gasteiger partial charge in [0.2, 0.25) is 0 Å². The zero-order valence-corrected chi connectivity index (χ0v) is 11.2. The maximum atomic E-state index is 11.0. The van der Waals surface area contributed by atoms with E-state index in [4.69, 9.17) is 0 Å². The maximum absolute atomic E-state index is 11.0. The van der Waals surface area contributed by atoms with Gasteiger partial charge in [-0.15, -0.1) is 0 Å². The molecule has 1 aromatic heterocycles. The Hall–Kier alpha value is -2.14. The molecule has 0 radical (unpaired) electrons. The van der Waals surface area contributed by atoms with Crippen LogP contribution in [0.2, 0.25) is 0 Å². The van der Waals surface area contributed by atoms with Crippen LogP contribution in [0.1, 0.15) is 24.0 Å². The Labute approximate surface area is 117 Å². The van der Waals surface area contributed by atoms with Gasteiger partial charge in [-0.3, -0.25) is 10.1 Å². The van der Waals surface area contributed by atoms with E-state index in [1.807, 2.05) is 23.0 Å². The van der Waals surface area contributed by atoms with Gasteiger partial charge >= 0.3 is 0 Å². The van der Waals surface area contributed by atoms with Crippen molar-refractivity contribution in [2.24, 2.45) is 0 Å². The molecule has 0 aliphatic heterocycles. The van der Waals surface area contributed by atoms with Crippen LogP contribution < -0.4 is 5.32 Å². The molecule has 20 heavy (non-hydrogen) atoms. The van der Waals surface area contributed by atoms with Crippen LogP contribution in [0.5, 0.6) is 0 Å². The zero-order chi connectivity index (χ0) is 13.9. The summed E-state index contributed by atoms with van der Waals surface area (Å²) in [7, 11) is 0. The van der Waals surface area contributed by atoms with Crippen molar-refractivity contribution in [1.82, 2.24) is 9.88 Å². The van der Waals surface area contributed by atoms with Crippen LogP contribution in [0.25, 0.3) is 0 Å². The molecule has 1 saturated carbocycles. The van der Waals surface area contributed by atoms with E-state index >= 15 is 0 Å². The predicted octanol–water partition coefficient (Wildman–Crippen LogP) is 2.70. The van der Waals surface area contributed by atoms with E-state index in [0.717, 1.165) is 12.1 Å². The van der Waals surface area contributed by atoms with Crippen LogP contribution in [0.15, 0.2) is 42.7 Å². The van der Waals surface area contributed by atoms with Crippen molar-refractivity contribution in [1.29, 1.82) is 0 Å². The summed E-state index contributed by atoms with van der Waals surface area (Å²) in [5.74, 6) is 0. The van der Waals surface area contributed by atoms with Crippen LogP contribution in [0.4, 0.5) is 5.69 Å². The van der Waals surface area contributed by atoms with Crippen molar-refractivity contribution in [3.05, 3.63) is 64.0 Å². The second-order valence-corrected chi connectivity index (χ2v) is 5.23. The van der Waals surface area contributed by atoms with E-state index in [1.54, 1.807) is 18.2 Å². The third-order valence-electron chi connectivity index (χ3n) is 3.53. The van der Waals surface area contributed by atoms with Gasteiger partial charge in [-0.05, 0) is 24.5 Å². The number of rotatable bonds is 6. The Balaban J connectivity index is 1.69. The fourth-order valence-corrected chi connectivity index (χ4v) is 2.26. The minimum atomic E-state index is -0.325. The smallest absolute Gasteiger partial charge is 0.274 e. The minimum absolute atomic E-state index is 0.179. The lowest BCUT2D eigenvalue weighted by molar-refractivity contribution is -0.385.